The van der Waals surface area contributed by atoms with Crippen molar-refractivity contribution in [3.63, 3.8) is 0 Å². The first-order valence-corrected chi connectivity index (χ1v) is 6.47. The number of carboxylic acid groups (broad SMARTS) is 1. The molecule has 7 nitrogen and oxygen atoms in total. The molecule has 1 rings (SSSR count). The molecule has 0 radical (unpaired) electrons. The van der Waals surface area contributed by atoms with E-state index in [0.29, 0.717) is 5.75 Å². The van der Waals surface area contributed by atoms with E-state index in [9.17, 15) is 14.7 Å². The summed E-state index contributed by atoms with van der Waals surface area (Å²) in [7, 11) is 1.54. The highest BCUT2D eigenvalue weighted by molar-refractivity contribution is 5.86. The Bertz CT molecular complexity index is 504. The molecule has 2 amide bonds. The largest absolute Gasteiger partial charge is 0.497 e. The number of aliphatic hydroxyl groups is 1. The smallest absolute Gasteiger partial charge is 0.405 e. The van der Waals surface area contributed by atoms with E-state index in [1.807, 2.05) is 11.4 Å². The van der Waals surface area contributed by atoms with Crippen LogP contribution in [0.4, 0.5) is 4.79 Å². The van der Waals surface area contributed by atoms with E-state index < -0.39 is 24.1 Å². The van der Waals surface area contributed by atoms with Gasteiger partial charge in [-0.1, -0.05) is 12.1 Å². The van der Waals surface area contributed by atoms with Gasteiger partial charge in [0.15, 0.2) is 0 Å². The second kappa shape index (κ2) is 7.49. The minimum absolute atomic E-state index is 0.357. The van der Waals surface area contributed by atoms with Gasteiger partial charge in [0.1, 0.15) is 11.8 Å². The quantitative estimate of drug-likeness (QED) is 0.623. The van der Waals surface area contributed by atoms with Crippen molar-refractivity contribution in [2.75, 3.05) is 7.11 Å². The summed E-state index contributed by atoms with van der Waals surface area (Å²) in [5, 5.41) is 22.8. The van der Waals surface area contributed by atoms with Crippen molar-refractivity contribution in [3.05, 3.63) is 29.8 Å². The number of benzene rings is 1. The molecule has 1 aromatic carbocycles. The first-order chi connectivity index (χ1) is 9.85. The van der Waals surface area contributed by atoms with Crippen LogP contribution in [0.15, 0.2) is 24.3 Å². The summed E-state index contributed by atoms with van der Waals surface area (Å²) in [6, 6.07) is 5.57. The Labute approximate surface area is 122 Å². The van der Waals surface area contributed by atoms with Crippen molar-refractivity contribution in [2.24, 2.45) is 0 Å². The Kier molecular flexibility index (Phi) is 5.98. The highest BCUT2D eigenvalue weighted by Gasteiger charge is 2.26. The molecule has 1 aromatic rings. The van der Waals surface area contributed by atoms with E-state index in [1.165, 1.54) is 6.92 Å². The zero-order valence-corrected chi connectivity index (χ0v) is 12.2. The van der Waals surface area contributed by atoms with Gasteiger partial charge in [0.2, 0.25) is 5.91 Å². The van der Waals surface area contributed by atoms with Crippen LogP contribution in [0.3, 0.4) is 0 Å². The number of amides is 2. The molecule has 7 heteroatoms. The topological polar surface area (TPSA) is 108 Å². The molecule has 0 aliphatic rings. The van der Waals surface area contributed by atoms with Crippen LogP contribution in [-0.2, 0) is 4.79 Å². The minimum Gasteiger partial charge on any atom is -0.497 e. The number of carbonyl (C=O) groups is 2. The summed E-state index contributed by atoms with van der Waals surface area (Å²) in [5.74, 6) is 0.0621. The molecule has 116 valence electrons. The van der Waals surface area contributed by atoms with Gasteiger partial charge < -0.3 is 25.6 Å². The molecule has 4 N–H and O–H groups in total. The molecule has 0 aliphatic heterocycles. The van der Waals surface area contributed by atoms with Crippen LogP contribution in [-0.4, -0.2) is 41.5 Å². The molecular formula is C14H20N2O5. The van der Waals surface area contributed by atoms with Gasteiger partial charge >= 0.3 is 6.09 Å². The fourth-order valence-corrected chi connectivity index (χ4v) is 1.84. The van der Waals surface area contributed by atoms with Gasteiger partial charge in [-0.3, -0.25) is 4.79 Å². The van der Waals surface area contributed by atoms with Crippen molar-refractivity contribution >= 4 is 12.0 Å². The average molecular weight is 296 g/mol. The van der Waals surface area contributed by atoms with Gasteiger partial charge in [-0.2, -0.15) is 0 Å². The Morgan fingerprint density at radius 2 is 1.90 bits per heavy atom. The Hall–Kier alpha value is -2.28. The molecule has 0 heterocycles. The molecule has 0 saturated heterocycles. The Morgan fingerprint density at radius 3 is 2.43 bits per heavy atom. The number of hydrogen-bond acceptors (Lipinski definition) is 4. The first kappa shape index (κ1) is 16.8. The number of hydrogen-bond donors (Lipinski definition) is 4. The summed E-state index contributed by atoms with van der Waals surface area (Å²) in [6.45, 7) is 3.10. The lowest BCUT2D eigenvalue weighted by Crippen LogP contribution is -2.52. The summed E-state index contributed by atoms with van der Waals surface area (Å²) in [6.07, 6.45) is -2.51. The van der Waals surface area contributed by atoms with E-state index in [1.54, 1.807) is 32.2 Å². The fourth-order valence-electron chi connectivity index (χ4n) is 1.84. The van der Waals surface area contributed by atoms with Crippen molar-refractivity contribution < 1.29 is 24.5 Å². The SMILES string of the molecule is COc1cccc([C@@H](C)NC(=O)[C@H](NC(=O)O)[C@H](C)O)c1. The number of ether oxygens (including phenoxy) is 1. The van der Waals surface area contributed by atoms with Gasteiger partial charge in [0.25, 0.3) is 0 Å². The van der Waals surface area contributed by atoms with Crippen LogP contribution >= 0.6 is 0 Å². The van der Waals surface area contributed by atoms with Crippen LogP contribution in [0.25, 0.3) is 0 Å². The molecule has 0 aliphatic carbocycles. The molecule has 0 aromatic heterocycles. The van der Waals surface area contributed by atoms with Crippen molar-refractivity contribution in [1.29, 1.82) is 0 Å². The predicted molar refractivity (Wildman–Crippen MR) is 76.2 cm³/mol. The van der Waals surface area contributed by atoms with Gasteiger partial charge in [-0.25, -0.2) is 4.79 Å². The van der Waals surface area contributed by atoms with E-state index in [2.05, 4.69) is 5.32 Å². The minimum atomic E-state index is -1.37. The molecule has 0 bridgehead atoms. The third-order valence-electron chi connectivity index (χ3n) is 3.00. The summed E-state index contributed by atoms with van der Waals surface area (Å²) < 4.78 is 5.11. The van der Waals surface area contributed by atoms with E-state index in [-0.39, 0.29) is 6.04 Å². The lowest BCUT2D eigenvalue weighted by atomic mass is 10.1. The zero-order valence-electron chi connectivity index (χ0n) is 12.2. The maximum absolute atomic E-state index is 12.0. The molecule has 21 heavy (non-hydrogen) atoms. The number of rotatable bonds is 6. The lowest BCUT2D eigenvalue weighted by molar-refractivity contribution is -0.126. The van der Waals surface area contributed by atoms with Crippen LogP contribution in [0.5, 0.6) is 5.75 Å². The second-order valence-electron chi connectivity index (χ2n) is 4.67. The third-order valence-corrected chi connectivity index (χ3v) is 3.00. The normalized spacial score (nSPS) is 14.7. The molecule has 0 fully saturated rings. The predicted octanol–water partition coefficient (Wildman–Crippen LogP) is 0.889. The van der Waals surface area contributed by atoms with Gasteiger partial charge in [-0.05, 0) is 31.5 Å². The third kappa shape index (κ3) is 4.96. The Balaban J connectivity index is 2.77. The monoisotopic (exact) mass is 296 g/mol. The molecule has 0 unspecified atom stereocenters. The van der Waals surface area contributed by atoms with Gasteiger partial charge in [-0.15, -0.1) is 0 Å². The number of methoxy groups -OCH3 is 1. The first-order valence-electron chi connectivity index (χ1n) is 6.47. The fraction of sp³-hybridized carbons (Fsp3) is 0.429. The number of aliphatic hydroxyl groups excluding tert-OH is 1. The van der Waals surface area contributed by atoms with Gasteiger partial charge in [0, 0.05) is 0 Å². The van der Waals surface area contributed by atoms with Crippen molar-refractivity contribution in [2.45, 2.75) is 32.0 Å². The average Bonchev–Trinajstić information content (AvgIpc) is 2.44. The molecule has 0 saturated carbocycles. The van der Waals surface area contributed by atoms with Crippen LogP contribution in [0.1, 0.15) is 25.5 Å². The number of nitrogens with one attached hydrogen (secondary N) is 2. The second-order valence-corrected chi connectivity index (χ2v) is 4.67. The van der Waals surface area contributed by atoms with Crippen LogP contribution < -0.4 is 15.4 Å². The summed E-state index contributed by atoms with van der Waals surface area (Å²) in [4.78, 5) is 22.7. The molecule has 0 spiro atoms. The zero-order chi connectivity index (χ0) is 16.0. The maximum atomic E-state index is 12.0. The highest BCUT2D eigenvalue weighted by atomic mass is 16.5. The van der Waals surface area contributed by atoms with E-state index in [0.717, 1.165) is 5.56 Å². The standard InChI is InChI=1S/C14H20N2O5/c1-8(10-5-4-6-11(7-10)21-3)15-13(18)12(9(2)17)16-14(19)20/h4-9,12,16-17H,1-3H3,(H,15,18)(H,19,20)/t8-,9+,12-/m1/s1. The van der Waals surface area contributed by atoms with Crippen molar-refractivity contribution in [3.8, 4) is 5.75 Å². The van der Waals surface area contributed by atoms with E-state index in [4.69, 9.17) is 9.84 Å². The number of carbonyl (C=O) groups excluding carboxylic acids is 1. The van der Waals surface area contributed by atoms with Gasteiger partial charge in [0.05, 0.1) is 19.3 Å². The van der Waals surface area contributed by atoms with Crippen LogP contribution in [0, 0.1) is 0 Å². The summed E-state index contributed by atoms with van der Waals surface area (Å²) in [5.41, 5.74) is 0.808. The van der Waals surface area contributed by atoms with Crippen molar-refractivity contribution in [1.82, 2.24) is 10.6 Å². The van der Waals surface area contributed by atoms with Crippen LogP contribution in [0.2, 0.25) is 0 Å². The summed E-state index contributed by atoms with van der Waals surface area (Å²) >= 11 is 0. The Morgan fingerprint density at radius 1 is 1.24 bits per heavy atom. The van der Waals surface area contributed by atoms with E-state index >= 15 is 0 Å². The molecule has 3 atom stereocenters. The highest BCUT2D eigenvalue weighted by Crippen LogP contribution is 2.18. The maximum Gasteiger partial charge on any atom is 0.405 e. The molecular weight excluding hydrogens is 276 g/mol. The lowest BCUT2D eigenvalue weighted by Gasteiger charge is -2.22.